The summed E-state index contributed by atoms with van der Waals surface area (Å²) in [7, 11) is 0. The first-order valence-electron chi connectivity index (χ1n) is 9.54. The number of aryl methyl sites for hydroxylation is 2. The van der Waals surface area contributed by atoms with Crippen LogP contribution < -0.4 is 15.6 Å². The third kappa shape index (κ3) is 4.97. The van der Waals surface area contributed by atoms with E-state index in [1.54, 1.807) is 24.3 Å². The zero-order valence-corrected chi connectivity index (χ0v) is 15.9. The Morgan fingerprint density at radius 3 is 2.36 bits per heavy atom. The lowest BCUT2D eigenvalue weighted by Crippen LogP contribution is -2.41. The Balaban J connectivity index is 1.44. The molecule has 0 saturated heterocycles. The predicted molar refractivity (Wildman–Crippen MR) is 105 cm³/mol. The van der Waals surface area contributed by atoms with Gasteiger partial charge in [-0.3, -0.25) is 25.2 Å². The number of carbonyl (C=O) groups excluding carboxylic acids is 3. The summed E-state index contributed by atoms with van der Waals surface area (Å²) < 4.78 is 5.32. The summed E-state index contributed by atoms with van der Waals surface area (Å²) in [5.74, 6) is -0.231. The molecule has 0 saturated carbocycles. The molecule has 2 amide bonds. The molecule has 1 aliphatic rings. The van der Waals surface area contributed by atoms with Crippen molar-refractivity contribution in [3.63, 3.8) is 0 Å². The van der Waals surface area contributed by atoms with E-state index in [1.165, 1.54) is 11.1 Å². The van der Waals surface area contributed by atoms with Gasteiger partial charge in [0.05, 0.1) is 6.61 Å². The van der Waals surface area contributed by atoms with Crippen molar-refractivity contribution in [1.82, 2.24) is 10.9 Å². The van der Waals surface area contributed by atoms with Crippen molar-refractivity contribution in [3.8, 4) is 5.75 Å². The van der Waals surface area contributed by atoms with E-state index in [-0.39, 0.29) is 18.6 Å². The number of hydrazine groups is 1. The molecule has 0 atom stereocenters. The highest BCUT2D eigenvalue weighted by Gasteiger charge is 2.15. The molecular formula is C22H24N2O4. The summed E-state index contributed by atoms with van der Waals surface area (Å²) >= 11 is 0. The molecule has 6 nitrogen and oxygen atoms in total. The number of amides is 2. The minimum absolute atomic E-state index is 0.0134. The molecule has 2 N–H and O–H groups in total. The molecule has 0 spiro atoms. The van der Waals surface area contributed by atoms with Gasteiger partial charge in [0.2, 0.25) is 5.91 Å². The predicted octanol–water partition coefficient (Wildman–Crippen LogP) is 3.00. The number of fused-ring (bicyclic) bond motifs is 1. The second kappa shape index (κ2) is 9.17. The number of carbonyl (C=O) groups is 3. The molecule has 0 fully saturated rings. The largest absolute Gasteiger partial charge is 0.494 e. The molecule has 2 aromatic rings. The number of Topliss-reactive ketones (excluding diaryl/α,β-unsaturated/α-hetero) is 1. The van der Waals surface area contributed by atoms with Crippen molar-refractivity contribution in [1.29, 1.82) is 0 Å². The van der Waals surface area contributed by atoms with Gasteiger partial charge in [0.25, 0.3) is 5.91 Å². The van der Waals surface area contributed by atoms with Crippen LogP contribution in [0.1, 0.15) is 58.0 Å². The van der Waals surface area contributed by atoms with Gasteiger partial charge in [0, 0.05) is 24.0 Å². The number of hydrogen-bond donors (Lipinski definition) is 2. The van der Waals surface area contributed by atoms with Crippen LogP contribution in [-0.4, -0.2) is 24.2 Å². The van der Waals surface area contributed by atoms with Gasteiger partial charge in [-0.2, -0.15) is 0 Å². The Morgan fingerprint density at radius 1 is 0.893 bits per heavy atom. The second-order valence-corrected chi connectivity index (χ2v) is 6.72. The smallest absolute Gasteiger partial charge is 0.269 e. The van der Waals surface area contributed by atoms with Crippen LogP contribution in [0, 0.1) is 0 Å². The lowest BCUT2D eigenvalue weighted by Gasteiger charge is -2.08. The van der Waals surface area contributed by atoms with Crippen LogP contribution in [0.25, 0.3) is 0 Å². The molecule has 146 valence electrons. The number of hydrogen-bond acceptors (Lipinski definition) is 4. The zero-order chi connectivity index (χ0) is 19.9. The van der Waals surface area contributed by atoms with E-state index in [0.29, 0.717) is 23.5 Å². The summed E-state index contributed by atoms with van der Waals surface area (Å²) in [6.07, 6.45) is 3.32. The molecule has 0 aliphatic heterocycles. The first-order chi connectivity index (χ1) is 13.6. The minimum atomic E-state index is -0.429. The van der Waals surface area contributed by atoms with E-state index in [1.807, 2.05) is 25.1 Å². The topological polar surface area (TPSA) is 84.5 Å². The summed E-state index contributed by atoms with van der Waals surface area (Å²) in [5.41, 5.74) is 8.30. The molecule has 0 heterocycles. The minimum Gasteiger partial charge on any atom is -0.494 e. The lowest BCUT2D eigenvalue weighted by atomic mass is 10.0. The third-order valence-electron chi connectivity index (χ3n) is 4.74. The molecule has 0 bridgehead atoms. The van der Waals surface area contributed by atoms with Gasteiger partial charge in [-0.05, 0) is 67.6 Å². The molecule has 28 heavy (non-hydrogen) atoms. The summed E-state index contributed by atoms with van der Waals surface area (Å²) in [6.45, 7) is 2.43. The molecule has 1 aliphatic carbocycles. The van der Waals surface area contributed by atoms with Crippen LogP contribution in [0.2, 0.25) is 0 Å². The average Bonchev–Trinajstić information content (AvgIpc) is 3.19. The Kier molecular flexibility index (Phi) is 6.42. The SMILES string of the molecule is CCOc1ccc(C(=O)NNC(=O)CCC(=O)c2ccc3c(c2)CCC3)cc1. The lowest BCUT2D eigenvalue weighted by molar-refractivity contribution is -0.121. The number of ketones is 1. The Morgan fingerprint density at radius 2 is 1.61 bits per heavy atom. The van der Waals surface area contributed by atoms with Gasteiger partial charge >= 0.3 is 0 Å². The molecule has 0 unspecified atom stereocenters. The van der Waals surface area contributed by atoms with Crippen LogP contribution in [-0.2, 0) is 17.6 Å². The highest BCUT2D eigenvalue weighted by molar-refractivity contribution is 5.99. The highest BCUT2D eigenvalue weighted by atomic mass is 16.5. The van der Waals surface area contributed by atoms with Gasteiger partial charge in [-0.15, -0.1) is 0 Å². The first kappa shape index (κ1) is 19.6. The third-order valence-corrected chi connectivity index (χ3v) is 4.74. The molecule has 0 aromatic heterocycles. The van der Waals surface area contributed by atoms with Gasteiger partial charge in [-0.1, -0.05) is 12.1 Å². The standard InChI is InChI=1S/C22H24N2O4/c1-2-28-19-10-8-16(9-11-19)22(27)24-23-21(26)13-12-20(25)18-7-6-15-4-3-5-17(15)14-18/h6-11,14H,2-5,12-13H2,1H3,(H,23,26)(H,24,27). The average molecular weight is 380 g/mol. The van der Waals surface area contributed by atoms with Crippen molar-refractivity contribution in [2.45, 2.75) is 39.0 Å². The normalized spacial score (nSPS) is 12.2. The summed E-state index contributed by atoms with van der Waals surface area (Å²) in [6, 6.07) is 12.4. The molecular weight excluding hydrogens is 356 g/mol. The van der Waals surface area contributed by atoms with E-state index < -0.39 is 11.8 Å². The molecule has 0 radical (unpaired) electrons. The van der Waals surface area contributed by atoms with Crippen molar-refractivity contribution in [2.24, 2.45) is 0 Å². The maximum absolute atomic E-state index is 12.3. The number of benzene rings is 2. The van der Waals surface area contributed by atoms with E-state index in [4.69, 9.17) is 4.74 Å². The van der Waals surface area contributed by atoms with Gasteiger partial charge in [0.15, 0.2) is 5.78 Å². The van der Waals surface area contributed by atoms with Crippen LogP contribution in [0.4, 0.5) is 0 Å². The second-order valence-electron chi connectivity index (χ2n) is 6.72. The number of rotatable bonds is 7. The van der Waals surface area contributed by atoms with Crippen LogP contribution in [0.15, 0.2) is 42.5 Å². The monoisotopic (exact) mass is 380 g/mol. The fourth-order valence-corrected chi connectivity index (χ4v) is 3.25. The van der Waals surface area contributed by atoms with Crippen molar-refractivity contribution in [2.75, 3.05) is 6.61 Å². The van der Waals surface area contributed by atoms with Crippen LogP contribution in [0.3, 0.4) is 0 Å². The van der Waals surface area contributed by atoms with E-state index in [2.05, 4.69) is 10.9 Å². The van der Waals surface area contributed by atoms with Gasteiger partial charge in [-0.25, -0.2) is 0 Å². The van der Waals surface area contributed by atoms with Gasteiger partial charge in [0.1, 0.15) is 5.75 Å². The van der Waals surface area contributed by atoms with Crippen molar-refractivity contribution < 1.29 is 19.1 Å². The first-order valence-corrected chi connectivity index (χ1v) is 9.54. The molecule has 6 heteroatoms. The van der Waals surface area contributed by atoms with Crippen LogP contribution >= 0.6 is 0 Å². The summed E-state index contributed by atoms with van der Waals surface area (Å²) in [5, 5.41) is 0. The fraction of sp³-hybridized carbons (Fsp3) is 0.318. The highest BCUT2D eigenvalue weighted by Crippen LogP contribution is 2.23. The van der Waals surface area contributed by atoms with E-state index >= 15 is 0 Å². The van der Waals surface area contributed by atoms with E-state index in [0.717, 1.165) is 19.3 Å². The van der Waals surface area contributed by atoms with Crippen molar-refractivity contribution in [3.05, 3.63) is 64.7 Å². The zero-order valence-electron chi connectivity index (χ0n) is 15.9. The van der Waals surface area contributed by atoms with E-state index in [9.17, 15) is 14.4 Å². The molecule has 3 rings (SSSR count). The maximum atomic E-state index is 12.3. The Labute approximate surface area is 164 Å². The van der Waals surface area contributed by atoms with Crippen molar-refractivity contribution >= 4 is 17.6 Å². The fourth-order valence-electron chi connectivity index (χ4n) is 3.25. The Hall–Kier alpha value is -3.15. The number of nitrogens with one attached hydrogen (secondary N) is 2. The Bertz CT molecular complexity index is 875. The quantitative estimate of drug-likeness (QED) is 0.571. The van der Waals surface area contributed by atoms with Crippen LogP contribution in [0.5, 0.6) is 5.75 Å². The summed E-state index contributed by atoms with van der Waals surface area (Å²) in [4.78, 5) is 36.3. The number of ether oxygens (including phenoxy) is 1. The maximum Gasteiger partial charge on any atom is 0.269 e. The van der Waals surface area contributed by atoms with Gasteiger partial charge < -0.3 is 4.74 Å². The molecule has 2 aromatic carbocycles.